The fraction of sp³-hybridized carbons (Fsp3) is 0.100. The number of hydrogen-bond acceptors (Lipinski definition) is 0. The molecule has 0 saturated heterocycles. The van der Waals surface area contributed by atoms with Gasteiger partial charge in [-0.15, -0.1) is 0 Å². The van der Waals surface area contributed by atoms with Gasteiger partial charge >= 0.3 is 0 Å². The molecular formula is C20H19F. The summed E-state index contributed by atoms with van der Waals surface area (Å²) < 4.78 is 11.9. The van der Waals surface area contributed by atoms with E-state index in [4.69, 9.17) is 0 Å². The normalized spacial score (nSPS) is 9.62. The smallest absolute Gasteiger partial charge is 0.123 e. The van der Waals surface area contributed by atoms with E-state index in [1.807, 2.05) is 0 Å². The largest absolute Gasteiger partial charge is 0.207 e. The second kappa shape index (κ2) is 8.01. The van der Waals surface area contributed by atoms with Crippen molar-refractivity contribution >= 4 is 0 Å². The number of hydrogen-bond donors (Lipinski definition) is 0. The summed E-state index contributed by atoms with van der Waals surface area (Å²) in [7, 11) is 0. The average Bonchev–Trinajstić information content (AvgIpc) is 2.57. The van der Waals surface area contributed by atoms with Crippen molar-refractivity contribution in [1.29, 1.82) is 0 Å². The van der Waals surface area contributed by atoms with E-state index in [2.05, 4.69) is 61.5 Å². The van der Waals surface area contributed by atoms with Crippen molar-refractivity contribution in [3.8, 4) is 11.1 Å². The van der Waals surface area contributed by atoms with Crippen molar-refractivity contribution in [2.75, 3.05) is 0 Å². The van der Waals surface area contributed by atoms with Crippen LogP contribution in [0.3, 0.4) is 0 Å². The molecule has 3 aromatic carbocycles. The molecule has 0 atom stereocenters. The zero-order valence-electron chi connectivity index (χ0n) is 12.2. The standard InChI is InChI=1S/C14H14.C6H5F/c1-2-12-8-6-7-11-14(12)13-9-4-3-5-10-13;7-6-4-2-1-3-5-6/h3-11H,2H2,1H3;1-5H. The fourth-order valence-corrected chi connectivity index (χ4v) is 2.14. The van der Waals surface area contributed by atoms with Crippen LogP contribution in [0.5, 0.6) is 0 Å². The molecule has 0 aromatic heterocycles. The first-order valence-corrected chi connectivity index (χ1v) is 7.15. The molecule has 0 aliphatic carbocycles. The molecule has 0 unspecified atom stereocenters. The molecule has 3 rings (SSSR count). The summed E-state index contributed by atoms with van der Waals surface area (Å²) >= 11 is 0. The molecule has 21 heavy (non-hydrogen) atoms. The van der Waals surface area contributed by atoms with Gasteiger partial charge in [0.15, 0.2) is 0 Å². The van der Waals surface area contributed by atoms with Gasteiger partial charge in [0.25, 0.3) is 0 Å². The predicted molar refractivity (Wildman–Crippen MR) is 87.7 cm³/mol. The van der Waals surface area contributed by atoms with Gasteiger partial charge in [-0.1, -0.05) is 79.7 Å². The molecule has 3 aromatic rings. The Hall–Kier alpha value is -2.41. The van der Waals surface area contributed by atoms with Crippen LogP contribution in [0.1, 0.15) is 12.5 Å². The first-order valence-electron chi connectivity index (χ1n) is 7.15. The minimum absolute atomic E-state index is 0.178. The van der Waals surface area contributed by atoms with Crippen molar-refractivity contribution in [2.24, 2.45) is 0 Å². The van der Waals surface area contributed by atoms with Crippen molar-refractivity contribution in [1.82, 2.24) is 0 Å². The van der Waals surface area contributed by atoms with Gasteiger partial charge in [-0.3, -0.25) is 0 Å². The third-order valence-electron chi connectivity index (χ3n) is 3.22. The molecule has 0 bridgehead atoms. The quantitative estimate of drug-likeness (QED) is 0.560. The molecule has 0 spiro atoms. The first-order chi connectivity index (χ1) is 10.3. The summed E-state index contributed by atoms with van der Waals surface area (Å²) in [5, 5.41) is 0. The Morgan fingerprint density at radius 3 is 1.71 bits per heavy atom. The number of halogens is 1. The molecular weight excluding hydrogens is 259 g/mol. The fourth-order valence-electron chi connectivity index (χ4n) is 2.14. The van der Waals surface area contributed by atoms with Gasteiger partial charge in [-0.2, -0.15) is 0 Å². The van der Waals surface area contributed by atoms with Gasteiger partial charge in [-0.05, 0) is 35.2 Å². The van der Waals surface area contributed by atoms with Crippen molar-refractivity contribution in [3.63, 3.8) is 0 Å². The number of aryl methyl sites for hydroxylation is 1. The summed E-state index contributed by atoms with van der Waals surface area (Å²) in [4.78, 5) is 0. The Labute approximate surface area is 125 Å². The van der Waals surface area contributed by atoms with E-state index in [1.54, 1.807) is 18.2 Å². The summed E-state index contributed by atoms with van der Waals surface area (Å²) in [6.07, 6.45) is 1.09. The summed E-state index contributed by atoms with van der Waals surface area (Å²) in [6, 6.07) is 27.1. The molecule has 1 heteroatoms. The average molecular weight is 278 g/mol. The lowest BCUT2D eigenvalue weighted by atomic mass is 9.98. The lowest BCUT2D eigenvalue weighted by Gasteiger charge is -2.06. The molecule has 0 N–H and O–H groups in total. The highest BCUT2D eigenvalue weighted by molar-refractivity contribution is 5.67. The zero-order valence-corrected chi connectivity index (χ0v) is 12.2. The van der Waals surface area contributed by atoms with E-state index in [1.165, 1.54) is 28.8 Å². The molecule has 0 heterocycles. The molecule has 0 fully saturated rings. The Bertz CT molecular complexity index is 645. The van der Waals surface area contributed by atoms with E-state index < -0.39 is 0 Å². The molecule has 0 nitrogen and oxygen atoms in total. The highest BCUT2D eigenvalue weighted by atomic mass is 19.1. The Morgan fingerprint density at radius 2 is 1.19 bits per heavy atom. The van der Waals surface area contributed by atoms with E-state index in [9.17, 15) is 4.39 Å². The third-order valence-corrected chi connectivity index (χ3v) is 3.22. The second-order valence-electron chi connectivity index (χ2n) is 4.67. The molecule has 0 aliphatic heterocycles. The second-order valence-corrected chi connectivity index (χ2v) is 4.67. The summed E-state index contributed by atoms with van der Waals surface area (Å²) in [5.74, 6) is -0.178. The van der Waals surface area contributed by atoms with Crippen molar-refractivity contribution in [3.05, 3.63) is 96.3 Å². The van der Waals surface area contributed by atoms with Gasteiger partial charge in [0.2, 0.25) is 0 Å². The van der Waals surface area contributed by atoms with Gasteiger partial charge < -0.3 is 0 Å². The number of rotatable bonds is 2. The van der Waals surface area contributed by atoms with Gasteiger partial charge in [0, 0.05) is 0 Å². The monoisotopic (exact) mass is 278 g/mol. The van der Waals surface area contributed by atoms with E-state index in [-0.39, 0.29) is 5.82 Å². The molecule has 0 aliphatic rings. The van der Waals surface area contributed by atoms with E-state index >= 15 is 0 Å². The molecule has 106 valence electrons. The van der Waals surface area contributed by atoms with Crippen LogP contribution in [0.4, 0.5) is 4.39 Å². The summed E-state index contributed by atoms with van der Waals surface area (Å²) in [5.41, 5.74) is 4.08. The van der Waals surface area contributed by atoms with Crippen LogP contribution in [-0.2, 0) is 6.42 Å². The van der Waals surface area contributed by atoms with Crippen LogP contribution in [0.2, 0.25) is 0 Å². The topological polar surface area (TPSA) is 0 Å². The van der Waals surface area contributed by atoms with Crippen LogP contribution in [0, 0.1) is 5.82 Å². The predicted octanol–water partition coefficient (Wildman–Crippen LogP) is 5.74. The highest BCUT2D eigenvalue weighted by Crippen LogP contribution is 2.23. The maximum Gasteiger partial charge on any atom is 0.123 e. The molecule has 0 amide bonds. The Balaban J connectivity index is 0.000000194. The van der Waals surface area contributed by atoms with E-state index in [0.717, 1.165) is 6.42 Å². The minimum atomic E-state index is -0.178. The first kappa shape index (κ1) is 15.0. The van der Waals surface area contributed by atoms with Gasteiger partial charge in [-0.25, -0.2) is 4.39 Å². The van der Waals surface area contributed by atoms with Crippen LogP contribution in [0.25, 0.3) is 11.1 Å². The van der Waals surface area contributed by atoms with Crippen LogP contribution in [-0.4, -0.2) is 0 Å². The van der Waals surface area contributed by atoms with E-state index in [0.29, 0.717) is 0 Å². The van der Waals surface area contributed by atoms with Gasteiger partial charge in [0.1, 0.15) is 5.82 Å². The number of benzene rings is 3. The third kappa shape index (κ3) is 4.57. The van der Waals surface area contributed by atoms with Crippen molar-refractivity contribution < 1.29 is 4.39 Å². The Morgan fingerprint density at radius 1 is 0.667 bits per heavy atom. The highest BCUT2D eigenvalue weighted by Gasteiger charge is 2.00. The maximum atomic E-state index is 11.9. The molecule has 0 radical (unpaired) electrons. The lowest BCUT2D eigenvalue weighted by molar-refractivity contribution is 0.628. The minimum Gasteiger partial charge on any atom is -0.207 e. The maximum absolute atomic E-state index is 11.9. The van der Waals surface area contributed by atoms with Gasteiger partial charge in [0.05, 0.1) is 0 Å². The van der Waals surface area contributed by atoms with Crippen LogP contribution < -0.4 is 0 Å². The summed E-state index contributed by atoms with van der Waals surface area (Å²) in [6.45, 7) is 2.20. The Kier molecular flexibility index (Phi) is 5.71. The lowest BCUT2D eigenvalue weighted by Crippen LogP contribution is -1.85. The van der Waals surface area contributed by atoms with Crippen molar-refractivity contribution in [2.45, 2.75) is 13.3 Å². The van der Waals surface area contributed by atoms with Crippen LogP contribution >= 0.6 is 0 Å². The SMILES string of the molecule is CCc1ccccc1-c1ccccc1.Fc1ccccc1. The molecule has 0 saturated carbocycles. The van der Waals surface area contributed by atoms with Crippen LogP contribution in [0.15, 0.2) is 84.9 Å². The zero-order chi connectivity index (χ0) is 14.9.